The van der Waals surface area contributed by atoms with Gasteiger partial charge in [-0.1, -0.05) is 51.1 Å². The van der Waals surface area contributed by atoms with Crippen molar-refractivity contribution in [1.82, 2.24) is 4.90 Å². The fraction of sp³-hybridized carbons (Fsp3) is 0.524. The summed E-state index contributed by atoms with van der Waals surface area (Å²) in [5.74, 6) is 0. The quantitative estimate of drug-likeness (QED) is 0.676. The number of hydrogen-bond acceptors (Lipinski definition) is 3. The molecule has 138 valence electrons. The van der Waals surface area contributed by atoms with Crippen molar-refractivity contribution >= 4 is 17.0 Å². The fourth-order valence-electron chi connectivity index (χ4n) is 2.73. The van der Waals surface area contributed by atoms with Crippen LogP contribution < -0.4 is 0 Å². The van der Waals surface area contributed by atoms with E-state index in [9.17, 15) is 9.90 Å². The molecule has 1 aromatic rings. The third-order valence-corrected chi connectivity index (χ3v) is 4.54. The molecule has 0 unspecified atom stereocenters. The number of nitrogens with zero attached hydrogens (tertiary/aromatic N) is 1. The Labute approximate surface area is 156 Å². The first-order valence-corrected chi connectivity index (χ1v) is 9.61. The normalized spacial score (nSPS) is 12.7. The molecule has 0 fully saturated rings. The van der Waals surface area contributed by atoms with Crippen molar-refractivity contribution in [3.63, 3.8) is 0 Å². The Balaban J connectivity index is 3.08. The van der Waals surface area contributed by atoms with Crippen molar-refractivity contribution in [1.29, 1.82) is 0 Å². The maximum atomic E-state index is 12.4. The molecule has 4 heteroatoms. The zero-order chi connectivity index (χ0) is 19.2. The van der Waals surface area contributed by atoms with Crippen LogP contribution in [0.5, 0.6) is 0 Å². The molecular weight excluding hydrogens is 330 g/mol. The first kappa shape index (κ1) is 21.6. The van der Waals surface area contributed by atoms with Gasteiger partial charge in [-0.25, -0.2) is 0 Å². The average molecular weight is 362 g/mol. The molecule has 0 aliphatic carbocycles. The highest BCUT2D eigenvalue weighted by molar-refractivity contribution is 8.16. The first-order chi connectivity index (χ1) is 11.6. The lowest BCUT2D eigenvalue weighted by atomic mass is 9.81. The number of benzene rings is 1. The lowest BCUT2D eigenvalue weighted by molar-refractivity contribution is 0.188. The number of rotatable bonds is 5. The Morgan fingerprint density at radius 1 is 1.12 bits per heavy atom. The molecule has 0 spiro atoms. The van der Waals surface area contributed by atoms with Gasteiger partial charge in [0, 0.05) is 23.1 Å². The predicted octanol–water partition coefficient (Wildman–Crippen LogP) is 5.78. The van der Waals surface area contributed by atoms with Gasteiger partial charge in [0.25, 0.3) is 5.24 Å². The largest absolute Gasteiger partial charge is 0.383 e. The van der Waals surface area contributed by atoms with E-state index in [4.69, 9.17) is 0 Å². The van der Waals surface area contributed by atoms with Gasteiger partial charge in [-0.05, 0) is 50.4 Å². The van der Waals surface area contributed by atoms with E-state index in [0.29, 0.717) is 0 Å². The number of hydrogen-bond donors (Lipinski definition) is 1. The summed E-state index contributed by atoms with van der Waals surface area (Å²) in [6, 6.07) is 9.83. The standard InChI is InChI=1S/C21H31NO2S/c1-15(2)22(16(3)4)20(24)25-14-13-18(21(5,6)7)19(23)17-11-9-8-10-12-17/h8-12,14-16,19,23H,1-7H3/t13?,19-/m1/s1. The molecule has 1 aromatic carbocycles. The minimum absolute atomic E-state index is 0.0000370. The van der Waals surface area contributed by atoms with Gasteiger partial charge in [0.2, 0.25) is 0 Å². The van der Waals surface area contributed by atoms with Gasteiger partial charge in [0.05, 0.1) is 0 Å². The van der Waals surface area contributed by atoms with Gasteiger partial charge in [-0.2, -0.15) is 0 Å². The molecule has 0 aliphatic heterocycles. The summed E-state index contributed by atoms with van der Waals surface area (Å²) in [6.45, 7) is 14.2. The van der Waals surface area contributed by atoms with Crippen LogP contribution in [0.2, 0.25) is 0 Å². The Morgan fingerprint density at radius 2 is 1.64 bits per heavy atom. The van der Waals surface area contributed by atoms with Crippen LogP contribution >= 0.6 is 11.8 Å². The van der Waals surface area contributed by atoms with Crippen LogP contribution in [0, 0.1) is 5.41 Å². The molecule has 0 saturated carbocycles. The van der Waals surface area contributed by atoms with E-state index in [-0.39, 0.29) is 22.7 Å². The second-order valence-corrected chi connectivity index (χ2v) is 8.54. The van der Waals surface area contributed by atoms with Gasteiger partial charge < -0.3 is 10.0 Å². The zero-order valence-electron chi connectivity index (χ0n) is 16.4. The highest BCUT2D eigenvalue weighted by Crippen LogP contribution is 2.35. The van der Waals surface area contributed by atoms with Gasteiger partial charge in [-0.15, -0.1) is 5.73 Å². The number of aliphatic hydroxyl groups excluding tert-OH is 1. The molecule has 1 amide bonds. The molecule has 3 nitrogen and oxygen atoms in total. The van der Waals surface area contributed by atoms with E-state index in [1.807, 2.05) is 83.7 Å². The van der Waals surface area contributed by atoms with Gasteiger partial charge in [0.1, 0.15) is 6.10 Å². The Morgan fingerprint density at radius 3 is 2.08 bits per heavy atom. The van der Waals surface area contributed by atoms with E-state index < -0.39 is 6.10 Å². The summed E-state index contributed by atoms with van der Waals surface area (Å²) in [5.41, 5.74) is 4.51. The van der Waals surface area contributed by atoms with Crippen molar-refractivity contribution in [2.24, 2.45) is 5.41 Å². The topological polar surface area (TPSA) is 40.5 Å². The first-order valence-electron chi connectivity index (χ1n) is 8.73. The zero-order valence-corrected chi connectivity index (χ0v) is 17.2. The molecule has 1 atom stereocenters. The number of thioether (sulfide) groups is 1. The summed E-state index contributed by atoms with van der Waals surface area (Å²) < 4.78 is 0. The van der Waals surface area contributed by atoms with Crippen LogP contribution in [0.1, 0.15) is 60.1 Å². The van der Waals surface area contributed by atoms with Crippen LogP contribution in [0.4, 0.5) is 4.79 Å². The predicted molar refractivity (Wildman–Crippen MR) is 108 cm³/mol. The summed E-state index contributed by atoms with van der Waals surface area (Å²) in [5, 5.41) is 12.4. The molecule has 1 N–H and O–H groups in total. The minimum Gasteiger partial charge on any atom is -0.383 e. The SMILES string of the molecule is CC(C)N(C(=O)SC=C=C([C@H](O)c1ccccc1)C(C)(C)C)C(C)C. The summed E-state index contributed by atoms with van der Waals surface area (Å²) in [6.07, 6.45) is -0.737. The number of aliphatic hydroxyl groups is 1. The van der Waals surface area contributed by atoms with Gasteiger partial charge in [-0.3, -0.25) is 4.79 Å². The van der Waals surface area contributed by atoms with Crippen molar-refractivity contribution < 1.29 is 9.90 Å². The molecule has 0 heterocycles. The second-order valence-electron chi connectivity index (χ2n) is 7.72. The maximum absolute atomic E-state index is 12.4. The minimum atomic E-state index is -0.737. The van der Waals surface area contributed by atoms with Crippen molar-refractivity contribution in [2.45, 2.75) is 66.7 Å². The maximum Gasteiger partial charge on any atom is 0.286 e. The second kappa shape index (κ2) is 9.28. The third kappa shape index (κ3) is 6.39. The number of carbonyl (C=O) groups is 1. The third-order valence-electron chi connectivity index (χ3n) is 3.89. The number of carbonyl (C=O) groups excluding carboxylic acids is 1. The van der Waals surface area contributed by atoms with Crippen molar-refractivity contribution in [3.05, 3.63) is 52.6 Å². The van der Waals surface area contributed by atoms with Crippen LogP contribution in [0.25, 0.3) is 0 Å². The molecule has 0 saturated heterocycles. The average Bonchev–Trinajstić information content (AvgIpc) is 2.50. The van der Waals surface area contributed by atoms with Gasteiger partial charge >= 0.3 is 0 Å². The highest BCUT2D eigenvalue weighted by Gasteiger charge is 2.25. The lowest BCUT2D eigenvalue weighted by Gasteiger charge is -2.29. The van der Waals surface area contributed by atoms with E-state index in [1.165, 1.54) is 0 Å². The molecule has 0 aromatic heterocycles. The molecule has 0 radical (unpaired) electrons. The van der Waals surface area contributed by atoms with E-state index in [0.717, 1.165) is 22.9 Å². The van der Waals surface area contributed by atoms with E-state index in [2.05, 4.69) is 5.73 Å². The smallest absolute Gasteiger partial charge is 0.286 e. The van der Waals surface area contributed by atoms with Crippen LogP contribution in [-0.4, -0.2) is 27.3 Å². The van der Waals surface area contributed by atoms with Crippen LogP contribution in [0.15, 0.2) is 47.0 Å². The van der Waals surface area contributed by atoms with E-state index in [1.54, 1.807) is 5.41 Å². The van der Waals surface area contributed by atoms with Crippen LogP contribution in [0.3, 0.4) is 0 Å². The Bertz CT molecular complexity index is 615. The highest BCUT2D eigenvalue weighted by atomic mass is 32.2. The summed E-state index contributed by atoms with van der Waals surface area (Å²) in [7, 11) is 0. The van der Waals surface area contributed by atoms with E-state index >= 15 is 0 Å². The Kier molecular flexibility index (Phi) is 8.01. The molecular formula is C21H31NO2S. The van der Waals surface area contributed by atoms with Crippen LogP contribution in [-0.2, 0) is 0 Å². The monoisotopic (exact) mass is 361 g/mol. The lowest BCUT2D eigenvalue weighted by Crippen LogP contribution is -2.39. The number of amides is 1. The molecule has 1 rings (SSSR count). The van der Waals surface area contributed by atoms with Gasteiger partial charge in [0.15, 0.2) is 0 Å². The summed E-state index contributed by atoms with van der Waals surface area (Å²) in [4.78, 5) is 14.3. The molecule has 0 aliphatic rings. The Hall–Kier alpha value is -1.48. The van der Waals surface area contributed by atoms with Crippen molar-refractivity contribution in [2.75, 3.05) is 0 Å². The fourth-order valence-corrected chi connectivity index (χ4v) is 3.56. The van der Waals surface area contributed by atoms with Crippen molar-refractivity contribution in [3.8, 4) is 0 Å². The molecule has 25 heavy (non-hydrogen) atoms. The summed E-state index contributed by atoms with van der Waals surface area (Å²) >= 11 is 1.12. The molecule has 0 bridgehead atoms.